The van der Waals surface area contributed by atoms with Crippen LogP contribution >= 0.6 is 22.7 Å². The van der Waals surface area contributed by atoms with E-state index in [1.165, 1.54) is 15.0 Å². The van der Waals surface area contributed by atoms with E-state index in [2.05, 4.69) is 27.4 Å². The van der Waals surface area contributed by atoms with Crippen LogP contribution in [0.2, 0.25) is 0 Å². The van der Waals surface area contributed by atoms with Gasteiger partial charge in [-0.25, -0.2) is 4.79 Å². The van der Waals surface area contributed by atoms with Gasteiger partial charge in [0.1, 0.15) is 11.4 Å². The van der Waals surface area contributed by atoms with E-state index in [0.717, 1.165) is 11.3 Å². The van der Waals surface area contributed by atoms with E-state index in [9.17, 15) is 14.4 Å². The second kappa shape index (κ2) is 8.10. The molecular weight excluding hydrogens is 408 g/mol. The quantitative estimate of drug-likeness (QED) is 0.585. The van der Waals surface area contributed by atoms with Crippen molar-refractivity contribution >= 4 is 34.3 Å². The number of anilines is 1. The van der Waals surface area contributed by atoms with E-state index >= 15 is 0 Å². The Morgan fingerprint density at radius 3 is 2.83 bits per heavy atom. The summed E-state index contributed by atoms with van der Waals surface area (Å²) < 4.78 is 1.26. The van der Waals surface area contributed by atoms with Crippen LogP contribution in [0.4, 0.5) is 5.82 Å². The molecule has 152 valence electrons. The summed E-state index contributed by atoms with van der Waals surface area (Å²) in [6, 6.07) is 6.17. The number of carbonyl (C=O) groups is 1. The standard InChI is InChI=1S/C20H22N4O3S2/c1-2-7-24-18(21)16(19(26)22-20(24)27)13(25)11-23-8-5-14-12(6-10-29-14)17(23)15-4-3-9-28-15/h3-4,6,9-10,17H,2,5,7-8,11,21H2,1H3,(H,22,26,27). The maximum Gasteiger partial charge on any atom is 0.329 e. The maximum absolute atomic E-state index is 13.1. The van der Waals surface area contributed by atoms with Crippen molar-refractivity contribution in [3.63, 3.8) is 0 Å². The molecule has 4 heterocycles. The lowest BCUT2D eigenvalue weighted by atomic mass is 9.97. The number of carbonyl (C=O) groups excluding carboxylic acids is 1. The second-order valence-corrected chi connectivity index (χ2v) is 9.01. The highest BCUT2D eigenvalue weighted by Gasteiger charge is 2.32. The molecule has 1 atom stereocenters. The number of hydrogen-bond acceptors (Lipinski definition) is 7. The van der Waals surface area contributed by atoms with Gasteiger partial charge in [-0.1, -0.05) is 13.0 Å². The molecule has 3 N–H and O–H groups in total. The molecule has 0 saturated carbocycles. The average molecular weight is 431 g/mol. The Hall–Kier alpha value is -2.49. The number of aromatic nitrogens is 2. The van der Waals surface area contributed by atoms with Crippen LogP contribution in [-0.4, -0.2) is 33.3 Å². The van der Waals surface area contributed by atoms with Crippen LogP contribution in [0.1, 0.15) is 45.1 Å². The highest BCUT2D eigenvalue weighted by Crippen LogP contribution is 2.39. The Bertz CT molecular complexity index is 1140. The number of nitrogen functional groups attached to an aromatic ring is 1. The van der Waals surface area contributed by atoms with Crippen LogP contribution in [-0.2, 0) is 13.0 Å². The van der Waals surface area contributed by atoms with Crippen LogP contribution in [0.15, 0.2) is 38.5 Å². The summed E-state index contributed by atoms with van der Waals surface area (Å²) in [5.74, 6) is -0.416. The van der Waals surface area contributed by atoms with E-state index in [1.807, 2.05) is 18.4 Å². The topological polar surface area (TPSA) is 101 Å². The Balaban J connectivity index is 1.69. The third-order valence-electron chi connectivity index (χ3n) is 5.19. The van der Waals surface area contributed by atoms with Gasteiger partial charge in [-0.05, 0) is 41.3 Å². The summed E-state index contributed by atoms with van der Waals surface area (Å²) in [7, 11) is 0. The molecule has 0 fully saturated rings. The van der Waals surface area contributed by atoms with Gasteiger partial charge < -0.3 is 5.73 Å². The molecule has 0 bridgehead atoms. The second-order valence-electron chi connectivity index (χ2n) is 7.03. The molecule has 3 aromatic rings. The minimum Gasteiger partial charge on any atom is -0.384 e. The summed E-state index contributed by atoms with van der Waals surface area (Å²) in [5.41, 5.74) is 5.87. The molecule has 0 spiro atoms. The molecular formula is C20H22N4O3S2. The molecule has 7 nitrogen and oxygen atoms in total. The number of rotatable bonds is 6. The highest BCUT2D eigenvalue weighted by molar-refractivity contribution is 7.10. The zero-order valence-electron chi connectivity index (χ0n) is 16.0. The van der Waals surface area contributed by atoms with Crippen molar-refractivity contribution in [2.75, 3.05) is 18.8 Å². The number of H-pyrrole nitrogens is 1. The van der Waals surface area contributed by atoms with Gasteiger partial charge in [-0.15, -0.1) is 22.7 Å². The van der Waals surface area contributed by atoms with Crippen molar-refractivity contribution in [1.29, 1.82) is 0 Å². The van der Waals surface area contributed by atoms with E-state index in [-0.39, 0.29) is 29.8 Å². The normalized spacial score (nSPS) is 16.7. The first-order chi connectivity index (χ1) is 14.0. The highest BCUT2D eigenvalue weighted by atomic mass is 32.1. The van der Waals surface area contributed by atoms with Gasteiger partial charge >= 0.3 is 5.69 Å². The Labute approximate surface area is 175 Å². The molecule has 0 amide bonds. The summed E-state index contributed by atoms with van der Waals surface area (Å²) in [4.78, 5) is 44.4. The lowest BCUT2D eigenvalue weighted by Gasteiger charge is -2.34. The van der Waals surface area contributed by atoms with Crippen LogP contribution in [0.3, 0.4) is 0 Å². The smallest absolute Gasteiger partial charge is 0.329 e. The summed E-state index contributed by atoms with van der Waals surface area (Å²) in [6.07, 6.45) is 1.53. The molecule has 0 aliphatic carbocycles. The van der Waals surface area contributed by atoms with Crippen LogP contribution < -0.4 is 17.0 Å². The molecule has 1 aliphatic rings. The van der Waals surface area contributed by atoms with Gasteiger partial charge in [-0.2, -0.15) is 0 Å². The predicted molar refractivity (Wildman–Crippen MR) is 116 cm³/mol. The Kier molecular flexibility index (Phi) is 5.53. The van der Waals surface area contributed by atoms with E-state index < -0.39 is 11.2 Å². The van der Waals surface area contributed by atoms with Crippen molar-refractivity contribution in [3.8, 4) is 0 Å². The molecule has 4 rings (SSSR count). The van der Waals surface area contributed by atoms with Gasteiger partial charge in [0.2, 0.25) is 0 Å². The fraction of sp³-hybridized carbons (Fsp3) is 0.350. The van der Waals surface area contributed by atoms with Gasteiger partial charge in [0.15, 0.2) is 5.78 Å². The van der Waals surface area contributed by atoms with Gasteiger partial charge in [-0.3, -0.25) is 24.0 Å². The van der Waals surface area contributed by atoms with Gasteiger partial charge in [0, 0.05) is 22.8 Å². The molecule has 1 aliphatic heterocycles. The van der Waals surface area contributed by atoms with Crippen molar-refractivity contribution in [2.24, 2.45) is 0 Å². The fourth-order valence-electron chi connectivity index (χ4n) is 3.89. The first-order valence-electron chi connectivity index (χ1n) is 9.50. The maximum atomic E-state index is 13.1. The molecule has 0 saturated heterocycles. The third kappa shape index (κ3) is 3.61. The fourth-order valence-corrected chi connectivity index (χ4v) is 5.67. The monoisotopic (exact) mass is 430 g/mol. The SMILES string of the molecule is CCCn1c(N)c(C(=O)CN2CCc3sccc3C2c2cccs2)c(=O)[nH]c1=O. The minimum absolute atomic E-state index is 0.0178. The summed E-state index contributed by atoms with van der Waals surface area (Å²) >= 11 is 3.39. The van der Waals surface area contributed by atoms with E-state index in [0.29, 0.717) is 19.5 Å². The zero-order valence-corrected chi connectivity index (χ0v) is 17.6. The number of aromatic amines is 1. The number of nitrogens with one attached hydrogen (secondary N) is 1. The number of thiophene rings is 2. The van der Waals surface area contributed by atoms with Gasteiger partial charge in [0.25, 0.3) is 5.56 Å². The third-order valence-corrected chi connectivity index (χ3v) is 7.11. The molecule has 3 aromatic heterocycles. The molecule has 0 radical (unpaired) electrons. The Morgan fingerprint density at radius 1 is 1.28 bits per heavy atom. The van der Waals surface area contributed by atoms with Crippen molar-refractivity contribution in [2.45, 2.75) is 32.4 Å². The first kappa shape index (κ1) is 19.8. The number of hydrogen-bond donors (Lipinski definition) is 2. The predicted octanol–water partition coefficient (Wildman–Crippen LogP) is 2.48. The lowest BCUT2D eigenvalue weighted by molar-refractivity contribution is 0.0901. The first-order valence-corrected chi connectivity index (χ1v) is 11.3. The van der Waals surface area contributed by atoms with Crippen molar-refractivity contribution < 1.29 is 4.79 Å². The van der Waals surface area contributed by atoms with Crippen molar-refractivity contribution in [1.82, 2.24) is 14.5 Å². The molecule has 0 aromatic carbocycles. The average Bonchev–Trinajstić information content (AvgIpc) is 3.36. The molecule has 9 heteroatoms. The zero-order chi connectivity index (χ0) is 20.5. The van der Waals surface area contributed by atoms with E-state index in [4.69, 9.17) is 5.73 Å². The number of nitrogens with zero attached hydrogens (tertiary/aromatic N) is 2. The number of ketones is 1. The van der Waals surface area contributed by atoms with Crippen LogP contribution in [0.25, 0.3) is 0 Å². The lowest BCUT2D eigenvalue weighted by Crippen LogP contribution is -2.42. The summed E-state index contributed by atoms with van der Waals surface area (Å²) in [6.45, 7) is 3.03. The van der Waals surface area contributed by atoms with Crippen molar-refractivity contribution in [3.05, 3.63) is 70.7 Å². The number of Topliss-reactive ketones (excluding diaryl/α,β-unsaturated/α-hetero) is 1. The molecule has 1 unspecified atom stereocenters. The van der Waals surface area contributed by atoms with Gasteiger partial charge in [0.05, 0.1) is 12.6 Å². The minimum atomic E-state index is -0.717. The van der Waals surface area contributed by atoms with Crippen LogP contribution in [0.5, 0.6) is 0 Å². The van der Waals surface area contributed by atoms with E-state index in [1.54, 1.807) is 22.7 Å². The summed E-state index contributed by atoms with van der Waals surface area (Å²) in [5, 5.41) is 4.11. The Morgan fingerprint density at radius 2 is 2.10 bits per heavy atom. The number of nitrogens with two attached hydrogens (primary N) is 1. The number of fused-ring (bicyclic) bond motifs is 1. The largest absolute Gasteiger partial charge is 0.384 e. The van der Waals surface area contributed by atoms with Crippen LogP contribution in [0, 0.1) is 0 Å². The molecule has 29 heavy (non-hydrogen) atoms.